The summed E-state index contributed by atoms with van der Waals surface area (Å²) < 4.78 is 5.44. The van der Waals surface area contributed by atoms with Crippen molar-refractivity contribution in [2.45, 2.75) is 78.7 Å². The average Bonchev–Trinajstić information content (AvgIpc) is 2.38. The maximum Gasteiger partial charge on any atom is 0.308 e. The van der Waals surface area contributed by atoms with Gasteiger partial charge in [0.15, 0.2) is 0 Å². The van der Waals surface area contributed by atoms with E-state index in [0.29, 0.717) is 12.5 Å². The highest BCUT2D eigenvalue weighted by Gasteiger charge is 2.16. The monoisotopic (exact) mass is 271 g/mol. The van der Waals surface area contributed by atoms with Crippen LogP contribution in [0.5, 0.6) is 0 Å². The predicted octanol–water partition coefficient (Wildman–Crippen LogP) is 3.90. The topological polar surface area (TPSA) is 52.3 Å². The van der Waals surface area contributed by atoms with Crippen LogP contribution in [0.2, 0.25) is 0 Å². The molecule has 0 aromatic heterocycles. The molecule has 3 nitrogen and oxygen atoms in total. The highest BCUT2D eigenvalue weighted by Crippen LogP contribution is 2.15. The van der Waals surface area contributed by atoms with Crippen LogP contribution in [0.4, 0.5) is 0 Å². The molecule has 0 aliphatic heterocycles. The third kappa shape index (κ3) is 9.94. The minimum atomic E-state index is -0.0420. The Morgan fingerprint density at radius 1 is 1.11 bits per heavy atom. The molecule has 0 amide bonds. The minimum Gasteiger partial charge on any atom is -0.465 e. The highest BCUT2D eigenvalue weighted by molar-refractivity contribution is 5.71. The standard InChI is InChI=1S/C16H33NO2/c1-5-7-11-15(6-2)12-19-16(18)13(3)9-8-10-14(4)17/h13-15H,5-12,17H2,1-4H3. The fourth-order valence-corrected chi connectivity index (χ4v) is 2.10. The van der Waals surface area contributed by atoms with Crippen molar-refractivity contribution >= 4 is 5.97 Å². The van der Waals surface area contributed by atoms with E-state index in [-0.39, 0.29) is 17.9 Å². The lowest BCUT2D eigenvalue weighted by molar-refractivity contribution is -0.149. The van der Waals surface area contributed by atoms with Crippen molar-refractivity contribution in [1.29, 1.82) is 0 Å². The van der Waals surface area contributed by atoms with Gasteiger partial charge in [0, 0.05) is 6.04 Å². The van der Waals surface area contributed by atoms with Gasteiger partial charge in [0.2, 0.25) is 0 Å². The highest BCUT2D eigenvalue weighted by atomic mass is 16.5. The number of hydrogen-bond donors (Lipinski definition) is 1. The van der Waals surface area contributed by atoms with Crippen molar-refractivity contribution in [2.24, 2.45) is 17.6 Å². The van der Waals surface area contributed by atoms with Crippen LogP contribution in [0.15, 0.2) is 0 Å². The van der Waals surface area contributed by atoms with Gasteiger partial charge in [-0.3, -0.25) is 4.79 Å². The number of rotatable bonds is 11. The second kappa shape index (κ2) is 11.3. The first kappa shape index (κ1) is 18.4. The van der Waals surface area contributed by atoms with E-state index in [9.17, 15) is 4.79 Å². The molecule has 0 saturated heterocycles. The van der Waals surface area contributed by atoms with Crippen molar-refractivity contribution in [1.82, 2.24) is 0 Å². The molecule has 0 spiro atoms. The maximum absolute atomic E-state index is 11.9. The quantitative estimate of drug-likeness (QED) is 0.580. The summed E-state index contributed by atoms with van der Waals surface area (Å²) in [4.78, 5) is 11.9. The minimum absolute atomic E-state index is 0.00225. The molecule has 114 valence electrons. The van der Waals surface area contributed by atoms with Crippen LogP contribution in [-0.2, 0) is 9.53 Å². The SMILES string of the molecule is CCCCC(CC)COC(=O)C(C)CCCC(C)N. The zero-order valence-electron chi connectivity index (χ0n) is 13.3. The van der Waals surface area contributed by atoms with Crippen LogP contribution in [0.3, 0.4) is 0 Å². The number of carbonyl (C=O) groups excluding carboxylic acids is 1. The van der Waals surface area contributed by atoms with Crippen molar-refractivity contribution in [3.05, 3.63) is 0 Å². The number of carbonyl (C=O) groups is 1. The summed E-state index contributed by atoms with van der Waals surface area (Å²) in [6.07, 6.45) is 7.54. The van der Waals surface area contributed by atoms with Crippen LogP contribution in [-0.4, -0.2) is 18.6 Å². The molecule has 3 heteroatoms. The molecule has 0 saturated carbocycles. The molecule has 0 rings (SSSR count). The van der Waals surface area contributed by atoms with E-state index in [2.05, 4.69) is 13.8 Å². The third-order valence-electron chi connectivity index (χ3n) is 3.70. The van der Waals surface area contributed by atoms with Gasteiger partial charge in [0.05, 0.1) is 12.5 Å². The summed E-state index contributed by atoms with van der Waals surface area (Å²) in [5.74, 6) is 0.488. The Kier molecular flexibility index (Phi) is 10.9. The van der Waals surface area contributed by atoms with E-state index in [1.807, 2.05) is 13.8 Å². The van der Waals surface area contributed by atoms with Crippen LogP contribution >= 0.6 is 0 Å². The average molecular weight is 271 g/mol. The molecule has 3 atom stereocenters. The number of ether oxygens (including phenoxy) is 1. The number of hydrogen-bond acceptors (Lipinski definition) is 3. The second-order valence-corrected chi connectivity index (χ2v) is 5.86. The molecular formula is C16H33NO2. The van der Waals surface area contributed by atoms with E-state index in [0.717, 1.165) is 25.7 Å². The molecule has 0 aliphatic rings. The summed E-state index contributed by atoms with van der Waals surface area (Å²) in [5.41, 5.74) is 5.70. The summed E-state index contributed by atoms with van der Waals surface area (Å²) in [6, 6.07) is 0.224. The largest absolute Gasteiger partial charge is 0.465 e. The van der Waals surface area contributed by atoms with Gasteiger partial charge < -0.3 is 10.5 Å². The van der Waals surface area contributed by atoms with Gasteiger partial charge in [-0.1, -0.05) is 46.5 Å². The Balaban J connectivity index is 3.81. The van der Waals surface area contributed by atoms with Gasteiger partial charge in [-0.05, 0) is 32.1 Å². The fraction of sp³-hybridized carbons (Fsp3) is 0.938. The smallest absolute Gasteiger partial charge is 0.308 e. The Labute approximate surface area is 119 Å². The summed E-state index contributed by atoms with van der Waals surface area (Å²) in [7, 11) is 0. The Hall–Kier alpha value is -0.570. The normalized spacial score (nSPS) is 15.8. The molecule has 0 radical (unpaired) electrons. The molecule has 0 aliphatic carbocycles. The molecule has 0 fully saturated rings. The number of unbranched alkanes of at least 4 members (excludes halogenated alkanes) is 1. The van der Waals surface area contributed by atoms with E-state index in [4.69, 9.17) is 10.5 Å². The fourth-order valence-electron chi connectivity index (χ4n) is 2.10. The molecule has 0 aromatic rings. The lowest BCUT2D eigenvalue weighted by atomic mass is 10.00. The van der Waals surface area contributed by atoms with Crippen LogP contribution in [0.25, 0.3) is 0 Å². The lowest BCUT2D eigenvalue weighted by Gasteiger charge is -2.17. The first-order valence-electron chi connectivity index (χ1n) is 7.93. The first-order chi connectivity index (χ1) is 9.01. The molecular weight excluding hydrogens is 238 g/mol. The van der Waals surface area contributed by atoms with E-state index in [1.54, 1.807) is 0 Å². The maximum atomic E-state index is 11.9. The van der Waals surface area contributed by atoms with Gasteiger partial charge in [0.1, 0.15) is 0 Å². The summed E-state index contributed by atoms with van der Waals surface area (Å²) in [6.45, 7) is 8.91. The van der Waals surface area contributed by atoms with Crippen LogP contribution < -0.4 is 5.73 Å². The Morgan fingerprint density at radius 2 is 1.79 bits per heavy atom. The lowest BCUT2D eigenvalue weighted by Crippen LogP contribution is -2.20. The predicted molar refractivity (Wildman–Crippen MR) is 80.9 cm³/mol. The number of nitrogens with two attached hydrogens (primary N) is 1. The van der Waals surface area contributed by atoms with E-state index >= 15 is 0 Å². The van der Waals surface area contributed by atoms with Crippen LogP contribution in [0.1, 0.15) is 72.6 Å². The zero-order valence-corrected chi connectivity index (χ0v) is 13.3. The van der Waals surface area contributed by atoms with E-state index in [1.165, 1.54) is 19.3 Å². The summed E-state index contributed by atoms with van der Waals surface area (Å²) in [5, 5.41) is 0. The van der Waals surface area contributed by atoms with Gasteiger partial charge in [0.25, 0.3) is 0 Å². The van der Waals surface area contributed by atoms with Crippen molar-refractivity contribution in [3.8, 4) is 0 Å². The molecule has 2 N–H and O–H groups in total. The third-order valence-corrected chi connectivity index (χ3v) is 3.70. The van der Waals surface area contributed by atoms with Crippen molar-refractivity contribution < 1.29 is 9.53 Å². The molecule has 0 aromatic carbocycles. The van der Waals surface area contributed by atoms with Crippen molar-refractivity contribution in [3.63, 3.8) is 0 Å². The van der Waals surface area contributed by atoms with Gasteiger partial charge in [-0.25, -0.2) is 0 Å². The molecule has 3 unspecified atom stereocenters. The first-order valence-corrected chi connectivity index (χ1v) is 7.93. The zero-order chi connectivity index (χ0) is 14.7. The Bertz CT molecular complexity index is 229. The van der Waals surface area contributed by atoms with Crippen LogP contribution in [0, 0.1) is 11.8 Å². The molecule has 0 bridgehead atoms. The number of esters is 1. The van der Waals surface area contributed by atoms with Crippen molar-refractivity contribution in [2.75, 3.05) is 6.61 Å². The molecule has 0 heterocycles. The van der Waals surface area contributed by atoms with Gasteiger partial charge in [-0.2, -0.15) is 0 Å². The summed E-state index contributed by atoms with van der Waals surface area (Å²) >= 11 is 0. The Morgan fingerprint density at radius 3 is 2.32 bits per heavy atom. The van der Waals surface area contributed by atoms with Gasteiger partial charge in [-0.15, -0.1) is 0 Å². The van der Waals surface area contributed by atoms with E-state index < -0.39 is 0 Å². The second-order valence-electron chi connectivity index (χ2n) is 5.86. The molecule has 19 heavy (non-hydrogen) atoms. The van der Waals surface area contributed by atoms with Gasteiger partial charge >= 0.3 is 5.97 Å².